The highest BCUT2D eigenvalue weighted by molar-refractivity contribution is 5.78. The maximum absolute atomic E-state index is 6.72. The monoisotopic (exact) mass is 458 g/mol. The van der Waals surface area contributed by atoms with Crippen LogP contribution in [0.2, 0.25) is 0 Å². The Morgan fingerprint density at radius 3 is 1.89 bits per heavy atom. The number of benzene rings is 3. The van der Waals surface area contributed by atoms with Crippen molar-refractivity contribution in [1.29, 1.82) is 0 Å². The van der Waals surface area contributed by atoms with E-state index in [0.717, 1.165) is 22.5 Å². The summed E-state index contributed by atoms with van der Waals surface area (Å²) >= 11 is 0. The van der Waals surface area contributed by atoms with Crippen LogP contribution in [-0.4, -0.2) is 15.0 Å². The van der Waals surface area contributed by atoms with E-state index in [-0.39, 0.29) is 6.04 Å². The van der Waals surface area contributed by atoms with Crippen molar-refractivity contribution in [2.45, 2.75) is 12.6 Å². The Bertz CT molecular complexity index is 1310. The molecule has 6 nitrogen and oxygen atoms in total. The third-order valence-electron chi connectivity index (χ3n) is 5.77. The average Bonchev–Trinajstić information content (AvgIpc) is 2.93. The number of rotatable bonds is 8. The first-order valence-electron chi connectivity index (χ1n) is 11.5. The van der Waals surface area contributed by atoms with Gasteiger partial charge in [0.25, 0.3) is 0 Å². The van der Waals surface area contributed by atoms with Crippen molar-refractivity contribution in [3.63, 3.8) is 0 Å². The van der Waals surface area contributed by atoms with Crippen LogP contribution in [-0.2, 0) is 6.54 Å². The molecule has 2 aromatic heterocycles. The van der Waals surface area contributed by atoms with Crippen LogP contribution < -0.4 is 16.0 Å². The lowest BCUT2D eigenvalue weighted by molar-refractivity contribution is 0.901. The lowest BCUT2D eigenvalue weighted by Crippen LogP contribution is -2.22. The zero-order valence-electron chi connectivity index (χ0n) is 19.2. The number of nitrogens with one attached hydrogen (secondary N) is 1. The van der Waals surface area contributed by atoms with Crippen molar-refractivity contribution in [3.05, 3.63) is 138 Å². The molecule has 0 fully saturated rings. The molecule has 0 radical (unpaired) electrons. The molecule has 0 atom stereocenters. The van der Waals surface area contributed by atoms with Crippen LogP contribution in [0.3, 0.4) is 0 Å². The summed E-state index contributed by atoms with van der Waals surface area (Å²) in [6.45, 7) is 0.569. The van der Waals surface area contributed by atoms with Crippen molar-refractivity contribution >= 4 is 23.1 Å². The third kappa shape index (κ3) is 5.12. The fourth-order valence-electron chi connectivity index (χ4n) is 4.05. The largest absolute Gasteiger partial charge is 0.393 e. The van der Waals surface area contributed by atoms with Crippen LogP contribution >= 0.6 is 0 Å². The van der Waals surface area contributed by atoms with Crippen molar-refractivity contribution in [3.8, 4) is 0 Å². The summed E-state index contributed by atoms with van der Waals surface area (Å²) in [6.07, 6.45) is 3.31. The van der Waals surface area contributed by atoms with Crippen LogP contribution in [0, 0.1) is 0 Å². The molecule has 0 amide bonds. The summed E-state index contributed by atoms with van der Waals surface area (Å²) in [5.74, 6) is 1.93. The number of hydrogen-bond donors (Lipinski definition) is 2. The number of pyridine rings is 1. The Morgan fingerprint density at radius 2 is 1.29 bits per heavy atom. The predicted octanol–water partition coefficient (Wildman–Crippen LogP) is 5.99. The first-order chi connectivity index (χ1) is 17.3. The Kier molecular flexibility index (Phi) is 6.62. The molecule has 5 rings (SSSR count). The van der Waals surface area contributed by atoms with Gasteiger partial charge in [0.2, 0.25) is 0 Å². The summed E-state index contributed by atoms with van der Waals surface area (Å²) in [6, 6.07) is 36.4. The van der Waals surface area contributed by atoms with Crippen molar-refractivity contribution < 1.29 is 0 Å². The number of nitrogen functional groups attached to an aromatic ring is 1. The van der Waals surface area contributed by atoms with Gasteiger partial charge in [0.15, 0.2) is 11.6 Å². The second-order valence-corrected chi connectivity index (χ2v) is 8.12. The highest BCUT2D eigenvalue weighted by Gasteiger charge is 2.21. The van der Waals surface area contributed by atoms with Crippen LogP contribution in [0.1, 0.15) is 22.7 Å². The van der Waals surface area contributed by atoms with E-state index in [0.29, 0.717) is 23.9 Å². The minimum absolute atomic E-state index is 0.125. The molecule has 172 valence electrons. The van der Waals surface area contributed by atoms with Crippen LogP contribution in [0.25, 0.3) is 0 Å². The highest BCUT2D eigenvalue weighted by atomic mass is 15.3. The minimum Gasteiger partial charge on any atom is -0.393 e. The Hall–Kier alpha value is -4.71. The molecule has 35 heavy (non-hydrogen) atoms. The third-order valence-corrected chi connectivity index (χ3v) is 5.77. The Morgan fingerprint density at radius 1 is 0.686 bits per heavy atom. The Balaban J connectivity index is 1.54. The molecule has 0 spiro atoms. The van der Waals surface area contributed by atoms with E-state index in [4.69, 9.17) is 5.73 Å². The normalized spacial score (nSPS) is 10.8. The first kappa shape index (κ1) is 22.1. The molecular formula is C29H26N6. The summed E-state index contributed by atoms with van der Waals surface area (Å²) in [5.41, 5.74) is 10.5. The van der Waals surface area contributed by atoms with E-state index in [9.17, 15) is 0 Å². The Labute approximate surface area is 205 Å². The van der Waals surface area contributed by atoms with Gasteiger partial charge in [0.1, 0.15) is 17.8 Å². The predicted molar refractivity (Wildman–Crippen MR) is 141 cm³/mol. The maximum atomic E-state index is 6.72. The molecule has 0 saturated heterocycles. The fraction of sp³-hybridized carbons (Fsp3) is 0.0690. The van der Waals surface area contributed by atoms with E-state index in [2.05, 4.69) is 56.7 Å². The van der Waals surface area contributed by atoms with Crippen molar-refractivity contribution in [2.24, 2.45) is 0 Å². The zero-order valence-corrected chi connectivity index (χ0v) is 19.2. The molecule has 3 aromatic carbocycles. The lowest BCUT2D eigenvalue weighted by atomic mass is 9.99. The summed E-state index contributed by atoms with van der Waals surface area (Å²) < 4.78 is 0. The smallest absolute Gasteiger partial charge is 0.163 e. The minimum atomic E-state index is -0.125. The molecule has 0 bridgehead atoms. The van der Waals surface area contributed by atoms with Gasteiger partial charge in [-0.3, -0.25) is 0 Å². The maximum Gasteiger partial charge on any atom is 0.163 e. The van der Waals surface area contributed by atoms with Crippen molar-refractivity contribution in [1.82, 2.24) is 15.0 Å². The summed E-state index contributed by atoms with van der Waals surface area (Å²) in [5, 5.41) is 3.57. The number of nitrogens with zero attached hydrogens (tertiary/aromatic N) is 4. The molecular weight excluding hydrogens is 432 g/mol. The van der Waals surface area contributed by atoms with Gasteiger partial charge < -0.3 is 16.0 Å². The molecule has 6 heteroatoms. The molecule has 2 heterocycles. The number of hydrogen-bond acceptors (Lipinski definition) is 6. The average molecular weight is 459 g/mol. The molecule has 0 aliphatic heterocycles. The van der Waals surface area contributed by atoms with E-state index in [1.54, 1.807) is 12.5 Å². The molecule has 5 aromatic rings. The second-order valence-electron chi connectivity index (χ2n) is 8.12. The van der Waals surface area contributed by atoms with Gasteiger partial charge in [-0.15, -0.1) is 0 Å². The van der Waals surface area contributed by atoms with Gasteiger partial charge in [-0.05, 0) is 28.8 Å². The topological polar surface area (TPSA) is 80.0 Å². The standard InChI is InChI=1S/C29H26N6/c30-26-28(34-27(23-14-6-2-7-15-23)24-16-8-3-9-17-24)32-21-33-29(26)35(25-18-10-11-19-31-25)20-22-12-4-1-5-13-22/h1-19,21,27H,20,30H2,(H,32,33,34). The quantitative estimate of drug-likeness (QED) is 0.297. The van der Waals surface area contributed by atoms with Crippen LogP contribution in [0.4, 0.5) is 23.1 Å². The van der Waals surface area contributed by atoms with E-state index < -0.39 is 0 Å². The zero-order chi connectivity index (χ0) is 23.9. The summed E-state index contributed by atoms with van der Waals surface area (Å²) in [4.78, 5) is 15.7. The number of anilines is 4. The molecule has 0 aliphatic carbocycles. The van der Waals surface area contributed by atoms with Gasteiger partial charge in [-0.25, -0.2) is 15.0 Å². The van der Waals surface area contributed by atoms with E-state index in [1.807, 2.05) is 77.7 Å². The van der Waals surface area contributed by atoms with Gasteiger partial charge in [-0.2, -0.15) is 0 Å². The highest BCUT2D eigenvalue weighted by Crippen LogP contribution is 2.35. The molecule has 0 unspecified atom stereocenters. The molecule has 0 aliphatic rings. The van der Waals surface area contributed by atoms with Gasteiger partial charge in [-0.1, -0.05) is 97.1 Å². The number of aromatic nitrogens is 3. The summed E-state index contributed by atoms with van der Waals surface area (Å²) in [7, 11) is 0. The van der Waals surface area contributed by atoms with Crippen molar-refractivity contribution in [2.75, 3.05) is 16.0 Å². The SMILES string of the molecule is Nc1c(NC(c2ccccc2)c2ccccc2)ncnc1N(Cc1ccccc1)c1ccccn1. The fourth-order valence-corrected chi connectivity index (χ4v) is 4.05. The van der Waals surface area contributed by atoms with Gasteiger partial charge in [0.05, 0.1) is 12.6 Å². The first-order valence-corrected chi connectivity index (χ1v) is 11.5. The second kappa shape index (κ2) is 10.5. The van der Waals surface area contributed by atoms with E-state index >= 15 is 0 Å². The number of nitrogens with two attached hydrogens (primary N) is 1. The molecule has 3 N–H and O–H groups in total. The lowest BCUT2D eigenvalue weighted by Gasteiger charge is -2.26. The van der Waals surface area contributed by atoms with E-state index in [1.165, 1.54) is 0 Å². The van der Waals surface area contributed by atoms with Gasteiger partial charge in [0, 0.05) is 6.20 Å². The molecule has 0 saturated carbocycles. The van der Waals surface area contributed by atoms with Gasteiger partial charge >= 0.3 is 0 Å². The van der Waals surface area contributed by atoms with Crippen LogP contribution in [0.5, 0.6) is 0 Å². The van der Waals surface area contributed by atoms with Crippen LogP contribution in [0.15, 0.2) is 122 Å².